The van der Waals surface area contributed by atoms with Crippen LogP contribution in [0.15, 0.2) is 30.3 Å². The lowest BCUT2D eigenvalue weighted by Gasteiger charge is -2.42. The molecule has 150 valence electrons. The molecule has 1 aromatic carbocycles. The number of para-hydroxylation sites is 1. The van der Waals surface area contributed by atoms with Crippen molar-refractivity contribution < 1.29 is 9.59 Å². The highest BCUT2D eigenvalue weighted by Gasteiger charge is 2.50. The summed E-state index contributed by atoms with van der Waals surface area (Å²) >= 11 is 0. The predicted molar refractivity (Wildman–Crippen MR) is 108 cm³/mol. The van der Waals surface area contributed by atoms with Crippen LogP contribution in [0.4, 0.5) is 0 Å². The molecule has 3 heterocycles. The highest BCUT2D eigenvalue weighted by molar-refractivity contribution is 5.98. The lowest BCUT2D eigenvalue weighted by molar-refractivity contribution is -0.139. The van der Waals surface area contributed by atoms with Gasteiger partial charge in [-0.05, 0) is 50.7 Å². The third-order valence-electron chi connectivity index (χ3n) is 6.92. The number of hydrogen-bond donors (Lipinski definition) is 0. The van der Waals surface area contributed by atoms with Gasteiger partial charge >= 0.3 is 0 Å². The van der Waals surface area contributed by atoms with Crippen LogP contribution in [-0.2, 0) is 4.79 Å². The Hall–Kier alpha value is -2.63. The highest BCUT2D eigenvalue weighted by atomic mass is 16.2. The molecule has 0 N–H and O–H groups in total. The molecule has 1 unspecified atom stereocenters. The molecule has 6 heteroatoms. The van der Waals surface area contributed by atoms with Crippen LogP contribution in [0.2, 0.25) is 0 Å². The average molecular weight is 390 g/mol. The summed E-state index contributed by atoms with van der Waals surface area (Å²) in [5.41, 5.74) is 3.78. The maximum absolute atomic E-state index is 13.5. The maximum atomic E-state index is 13.5. The van der Waals surface area contributed by atoms with Gasteiger partial charge in [0, 0.05) is 37.0 Å². The highest BCUT2D eigenvalue weighted by Crippen LogP contribution is 2.51. The van der Waals surface area contributed by atoms with Gasteiger partial charge in [0.1, 0.15) is 5.69 Å². The van der Waals surface area contributed by atoms with E-state index in [9.17, 15) is 9.59 Å². The van der Waals surface area contributed by atoms with Crippen molar-refractivity contribution in [3.63, 3.8) is 0 Å². The molecule has 2 aliphatic heterocycles. The molecule has 2 amide bonds. The maximum Gasteiger partial charge on any atom is 0.273 e. The number of aromatic nitrogens is 2. The molecule has 0 spiro atoms. The second-order valence-electron chi connectivity index (χ2n) is 9.22. The summed E-state index contributed by atoms with van der Waals surface area (Å²) in [6.07, 6.45) is 4.47. The number of likely N-dealkylation sites (tertiary alicyclic amines) is 1. The van der Waals surface area contributed by atoms with E-state index >= 15 is 0 Å². The van der Waals surface area contributed by atoms with Crippen LogP contribution in [0.25, 0.3) is 5.69 Å². The molecule has 2 aromatic rings. The minimum atomic E-state index is 0.105. The zero-order valence-corrected chi connectivity index (χ0v) is 16.8. The van der Waals surface area contributed by atoms with Gasteiger partial charge in [0.05, 0.1) is 17.4 Å². The van der Waals surface area contributed by atoms with E-state index in [-0.39, 0.29) is 17.9 Å². The van der Waals surface area contributed by atoms with Crippen molar-refractivity contribution >= 4 is 11.8 Å². The van der Waals surface area contributed by atoms with Gasteiger partial charge in [-0.25, -0.2) is 4.68 Å². The number of nitrogens with zero attached hydrogens (tertiary/aromatic N) is 4. The van der Waals surface area contributed by atoms with Gasteiger partial charge in [-0.15, -0.1) is 0 Å². The second kappa shape index (κ2) is 6.18. The molecule has 0 bridgehead atoms. The van der Waals surface area contributed by atoms with Gasteiger partial charge in [0.25, 0.3) is 5.91 Å². The fourth-order valence-corrected chi connectivity index (χ4v) is 5.10. The van der Waals surface area contributed by atoms with Crippen LogP contribution >= 0.6 is 0 Å². The minimum Gasteiger partial charge on any atom is -0.342 e. The monoisotopic (exact) mass is 390 g/mol. The fourth-order valence-electron chi connectivity index (χ4n) is 5.10. The van der Waals surface area contributed by atoms with Crippen molar-refractivity contribution in [1.82, 2.24) is 19.6 Å². The van der Waals surface area contributed by atoms with E-state index in [1.54, 1.807) is 0 Å². The SMILES string of the molecule is Cc1nn(-c2ccccc2)c2c1C(C1CC1)N(CC1CN(C(=O)C3CC3)C1)C2=O. The number of fused-ring (bicyclic) bond motifs is 1. The molecule has 2 aliphatic carbocycles. The summed E-state index contributed by atoms with van der Waals surface area (Å²) < 4.78 is 1.84. The number of rotatable bonds is 5. The first-order valence-corrected chi connectivity index (χ1v) is 10.9. The number of carbonyl (C=O) groups excluding carboxylic acids is 2. The third kappa shape index (κ3) is 2.72. The lowest BCUT2D eigenvalue weighted by atomic mass is 9.97. The molecule has 3 fully saturated rings. The van der Waals surface area contributed by atoms with Crippen molar-refractivity contribution in [2.24, 2.45) is 17.8 Å². The van der Waals surface area contributed by atoms with Crippen LogP contribution in [0, 0.1) is 24.7 Å². The molecular formula is C23H26N4O2. The zero-order chi connectivity index (χ0) is 19.7. The first kappa shape index (κ1) is 17.2. The first-order valence-electron chi connectivity index (χ1n) is 10.9. The van der Waals surface area contributed by atoms with Crippen LogP contribution in [0.5, 0.6) is 0 Å². The number of aryl methyl sites for hydroxylation is 1. The zero-order valence-electron chi connectivity index (χ0n) is 16.8. The van der Waals surface area contributed by atoms with Crippen molar-refractivity contribution in [3.8, 4) is 5.69 Å². The summed E-state index contributed by atoms with van der Waals surface area (Å²) in [6.45, 7) is 4.38. The first-order chi connectivity index (χ1) is 14.1. The number of amides is 2. The lowest BCUT2D eigenvalue weighted by Crippen LogP contribution is -2.54. The summed E-state index contributed by atoms with van der Waals surface area (Å²) in [7, 11) is 0. The van der Waals surface area contributed by atoms with Crippen LogP contribution in [0.3, 0.4) is 0 Å². The molecule has 6 rings (SSSR count). The van der Waals surface area contributed by atoms with E-state index in [2.05, 4.69) is 4.90 Å². The second-order valence-corrected chi connectivity index (χ2v) is 9.22. The van der Waals surface area contributed by atoms with E-state index in [0.29, 0.717) is 17.7 Å². The van der Waals surface area contributed by atoms with E-state index in [1.165, 1.54) is 12.8 Å². The van der Waals surface area contributed by atoms with Gasteiger partial charge in [0.2, 0.25) is 5.91 Å². The quantitative estimate of drug-likeness (QED) is 0.789. The Labute approximate surface area is 170 Å². The van der Waals surface area contributed by atoms with Gasteiger partial charge < -0.3 is 9.80 Å². The van der Waals surface area contributed by atoms with Crippen LogP contribution < -0.4 is 0 Å². The van der Waals surface area contributed by atoms with Crippen LogP contribution in [0.1, 0.15) is 53.5 Å². The fraction of sp³-hybridized carbons (Fsp3) is 0.522. The summed E-state index contributed by atoms with van der Waals surface area (Å²) in [4.78, 5) is 29.9. The smallest absolute Gasteiger partial charge is 0.273 e. The molecule has 0 radical (unpaired) electrons. The van der Waals surface area contributed by atoms with Crippen molar-refractivity contribution in [1.29, 1.82) is 0 Å². The molecule has 29 heavy (non-hydrogen) atoms. The Bertz CT molecular complexity index is 984. The van der Waals surface area contributed by atoms with Crippen molar-refractivity contribution in [3.05, 3.63) is 47.3 Å². The molecule has 2 saturated carbocycles. The molecular weight excluding hydrogens is 364 g/mol. The Morgan fingerprint density at radius 2 is 1.83 bits per heavy atom. The minimum absolute atomic E-state index is 0.105. The van der Waals surface area contributed by atoms with Gasteiger partial charge in [-0.3, -0.25) is 9.59 Å². The van der Waals surface area contributed by atoms with E-state index in [4.69, 9.17) is 5.10 Å². The molecule has 1 saturated heterocycles. The summed E-state index contributed by atoms with van der Waals surface area (Å²) in [5.74, 6) is 1.66. The van der Waals surface area contributed by atoms with Gasteiger partial charge in [-0.1, -0.05) is 18.2 Å². The predicted octanol–water partition coefficient (Wildman–Crippen LogP) is 2.96. The Kier molecular flexibility index (Phi) is 3.68. The molecule has 1 atom stereocenters. The summed E-state index contributed by atoms with van der Waals surface area (Å²) in [6, 6.07) is 10.1. The van der Waals surface area contributed by atoms with E-state index < -0.39 is 0 Å². The van der Waals surface area contributed by atoms with Crippen molar-refractivity contribution in [2.45, 2.75) is 38.6 Å². The molecule has 4 aliphatic rings. The number of carbonyl (C=O) groups is 2. The number of benzene rings is 1. The number of hydrogen-bond acceptors (Lipinski definition) is 3. The molecule has 6 nitrogen and oxygen atoms in total. The summed E-state index contributed by atoms with van der Waals surface area (Å²) in [5, 5.41) is 4.74. The van der Waals surface area contributed by atoms with Gasteiger partial charge in [-0.2, -0.15) is 5.10 Å². The Morgan fingerprint density at radius 1 is 1.10 bits per heavy atom. The Morgan fingerprint density at radius 3 is 2.48 bits per heavy atom. The van der Waals surface area contributed by atoms with Crippen LogP contribution in [-0.4, -0.2) is 51.0 Å². The standard InChI is InChI=1S/C23H26N4O2/c1-14-19-20(16-7-8-16)26(13-15-11-25(12-15)22(28)17-9-10-17)23(29)21(19)27(24-14)18-5-3-2-4-6-18/h2-6,15-17,20H,7-13H2,1H3. The van der Waals surface area contributed by atoms with E-state index in [0.717, 1.165) is 55.1 Å². The Balaban J connectivity index is 1.27. The molecule has 1 aromatic heterocycles. The normalized spacial score (nSPS) is 24.0. The average Bonchev–Trinajstić information content (AvgIpc) is 3.61. The largest absolute Gasteiger partial charge is 0.342 e. The topological polar surface area (TPSA) is 58.4 Å². The van der Waals surface area contributed by atoms with E-state index in [1.807, 2.05) is 46.8 Å². The van der Waals surface area contributed by atoms with Crippen molar-refractivity contribution in [2.75, 3.05) is 19.6 Å². The van der Waals surface area contributed by atoms with Gasteiger partial charge in [0.15, 0.2) is 0 Å². The third-order valence-corrected chi connectivity index (χ3v) is 6.92.